The first-order valence-electron chi connectivity index (χ1n) is 9.73. The Balaban J connectivity index is 1.85. The third-order valence-electron chi connectivity index (χ3n) is 4.89. The van der Waals surface area contributed by atoms with Gasteiger partial charge in [-0.3, -0.25) is 14.5 Å². The van der Waals surface area contributed by atoms with Gasteiger partial charge in [0.2, 0.25) is 0 Å². The maximum Gasteiger partial charge on any atom is 0.251 e. The van der Waals surface area contributed by atoms with Crippen molar-refractivity contribution in [2.75, 3.05) is 14.2 Å². The molecular formula is C24H26N2O4. The van der Waals surface area contributed by atoms with Crippen LogP contribution in [0.5, 0.6) is 5.75 Å². The SMILES string of the molecule is CNC(=O)c1ccc(CN(Cc2ccco2)Cc2cc(C(C)=O)ccc2OC)cc1. The lowest BCUT2D eigenvalue weighted by Crippen LogP contribution is -2.23. The van der Waals surface area contributed by atoms with Gasteiger partial charge in [-0.25, -0.2) is 0 Å². The fourth-order valence-corrected chi connectivity index (χ4v) is 3.32. The molecule has 30 heavy (non-hydrogen) atoms. The van der Waals surface area contributed by atoms with Crippen molar-refractivity contribution in [2.45, 2.75) is 26.6 Å². The van der Waals surface area contributed by atoms with Crippen LogP contribution in [-0.4, -0.2) is 30.7 Å². The highest BCUT2D eigenvalue weighted by Gasteiger charge is 2.15. The first-order valence-corrected chi connectivity index (χ1v) is 9.73. The highest BCUT2D eigenvalue weighted by molar-refractivity contribution is 5.94. The van der Waals surface area contributed by atoms with Crippen molar-refractivity contribution in [3.63, 3.8) is 0 Å². The van der Waals surface area contributed by atoms with Crippen LogP contribution in [0.25, 0.3) is 0 Å². The maximum atomic E-state index is 11.8. The average molecular weight is 406 g/mol. The van der Waals surface area contributed by atoms with Gasteiger partial charge in [0.25, 0.3) is 5.91 Å². The van der Waals surface area contributed by atoms with Crippen molar-refractivity contribution in [1.82, 2.24) is 10.2 Å². The number of ether oxygens (including phenoxy) is 1. The van der Waals surface area contributed by atoms with Crippen LogP contribution in [0, 0.1) is 0 Å². The fraction of sp³-hybridized carbons (Fsp3) is 0.250. The largest absolute Gasteiger partial charge is 0.496 e. The fourth-order valence-electron chi connectivity index (χ4n) is 3.32. The van der Waals surface area contributed by atoms with Crippen LogP contribution < -0.4 is 10.1 Å². The van der Waals surface area contributed by atoms with Crippen LogP contribution in [0.4, 0.5) is 0 Å². The van der Waals surface area contributed by atoms with Gasteiger partial charge in [0.05, 0.1) is 19.9 Å². The molecule has 1 N–H and O–H groups in total. The van der Waals surface area contributed by atoms with Crippen LogP contribution in [0.1, 0.15) is 44.5 Å². The van der Waals surface area contributed by atoms with E-state index in [1.54, 1.807) is 33.4 Å². The number of furan rings is 1. The number of nitrogens with one attached hydrogen (secondary N) is 1. The number of nitrogens with zero attached hydrogens (tertiary/aromatic N) is 1. The summed E-state index contributed by atoms with van der Waals surface area (Å²) >= 11 is 0. The van der Waals surface area contributed by atoms with Crippen molar-refractivity contribution in [2.24, 2.45) is 0 Å². The standard InChI is InChI=1S/C24H26N2O4/c1-17(27)20-10-11-23(29-3)21(13-20)15-26(16-22-5-4-12-30-22)14-18-6-8-19(9-7-18)24(28)25-2/h4-13H,14-16H2,1-3H3,(H,25,28). The lowest BCUT2D eigenvalue weighted by atomic mass is 10.1. The van der Waals surface area contributed by atoms with Gasteiger partial charge in [0.15, 0.2) is 5.78 Å². The summed E-state index contributed by atoms with van der Waals surface area (Å²) in [5, 5.41) is 2.63. The molecule has 1 amide bonds. The van der Waals surface area contributed by atoms with Gasteiger partial charge in [-0.1, -0.05) is 12.1 Å². The van der Waals surface area contributed by atoms with Gasteiger partial charge in [0, 0.05) is 36.8 Å². The van der Waals surface area contributed by atoms with Crippen LogP contribution in [-0.2, 0) is 19.6 Å². The lowest BCUT2D eigenvalue weighted by Gasteiger charge is -2.23. The second-order valence-corrected chi connectivity index (χ2v) is 7.08. The number of Topliss-reactive ketones (excluding diaryl/α,β-unsaturated/α-hetero) is 1. The van der Waals surface area contributed by atoms with Crippen LogP contribution in [0.15, 0.2) is 65.3 Å². The van der Waals surface area contributed by atoms with Gasteiger partial charge in [0.1, 0.15) is 11.5 Å². The molecule has 0 aliphatic rings. The molecule has 0 atom stereocenters. The van der Waals surface area contributed by atoms with Gasteiger partial charge in [-0.2, -0.15) is 0 Å². The first kappa shape index (κ1) is 21.3. The Kier molecular flexibility index (Phi) is 7.03. The van der Waals surface area contributed by atoms with E-state index in [9.17, 15) is 9.59 Å². The molecule has 6 nitrogen and oxygen atoms in total. The molecule has 0 aliphatic carbocycles. The first-order chi connectivity index (χ1) is 14.5. The Morgan fingerprint density at radius 2 is 1.73 bits per heavy atom. The Bertz CT molecular complexity index is 995. The third-order valence-corrected chi connectivity index (χ3v) is 4.89. The van der Waals surface area contributed by atoms with Crippen LogP contribution in [0.2, 0.25) is 0 Å². The summed E-state index contributed by atoms with van der Waals surface area (Å²) in [6.07, 6.45) is 1.66. The number of hydrogen-bond acceptors (Lipinski definition) is 5. The van der Waals surface area contributed by atoms with E-state index in [4.69, 9.17) is 9.15 Å². The highest BCUT2D eigenvalue weighted by atomic mass is 16.5. The molecule has 0 saturated carbocycles. The number of ketones is 1. The zero-order valence-electron chi connectivity index (χ0n) is 17.5. The van der Waals surface area contributed by atoms with E-state index in [1.165, 1.54) is 0 Å². The minimum Gasteiger partial charge on any atom is -0.496 e. The predicted molar refractivity (Wildman–Crippen MR) is 114 cm³/mol. The Morgan fingerprint density at radius 1 is 1.00 bits per heavy atom. The molecule has 0 bridgehead atoms. The average Bonchev–Trinajstić information content (AvgIpc) is 3.26. The summed E-state index contributed by atoms with van der Waals surface area (Å²) in [6.45, 7) is 3.36. The molecular weight excluding hydrogens is 380 g/mol. The molecule has 0 fully saturated rings. The molecule has 0 radical (unpaired) electrons. The molecule has 6 heteroatoms. The minimum absolute atomic E-state index is 0.0151. The van der Waals surface area contributed by atoms with Crippen molar-refractivity contribution in [3.8, 4) is 5.75 Å². The molecule has 0 saturated heterocycles. The minimum atomic E-state index is -0.111. The van der Waals surface area contributed by atoms with Crippen LogP contribution in [0.3, 0.4) is 0 Å². The molecule has 2 aromatic carbocycles. The van der Waals surface area contributed by atoms with E-state index >= 15 is 0 Å². The topological polar surface area (TPSA) is 71.8 Å². The number of rotatable bonds is 9. The predicted octanol–water partition coefficient (Wildman–Crippen LogP) is 4.05. The van der Waals surface area contributed by atoms with Gasteiger partial charge < -0.3 is 14.5 Å². The molecule has 0 spiro atoms. The van der Waals surface area contributed by atoms with E-state index in [0.29, 0.717) is 30.8 Å². The number of benzene rings is 2. The Morgan fingerprint density at radius 3 is 2.33 bits per heavy atom. The van der Waals surface area contributed by atoms with E-state index in [0.717, 1.165) is 22.6 Å². The van der Waals surface area contributed by atoms with Gasteiger partial charge in [-0.05, 0) is 55.0 Å². The lowest BCUT2D eigenvalue weighted by molar-refractivity contribution is 0.0961. The monoisotopic (exact) mass is 406 g/mol. The van der Waals surface area contributed by atoms with Crippen molar-refractivity contribution in [3.05, 3.63) is 88.9 Å². The van der Waals surface area contributed by atoms with Crippen molar-refractivity contribution >= 4 is 11.7 Å². The van der Waals surface area contributed by atoms with Gasteiger partial charge in [-0.15, -0.1) is 0 Å². The molecule has 1 heterocycles. The van der Waals surface area contributed by atoms with E-state index < -0.39 is 0 Å². The molecule has 1 aromatic heterocycles. The van der Waals surface area contributed by atoms with Crippen LogP contribution >= 0.6 is 0 Å². The number of carbonyl (C=O) groups is 2. The summed E-state index contributed by atoms with van der Waals surface area (Å²) in [5.74, 6) is 1.49. The quantitative estimate of drug-likeness (QED) is 0.543. The number of amides is 1. The number of carbonyl (C=O) groups excluding carboxylic acids is 2. The highest BCUT2D eigenvalue weighted by Crippen LogP contribution is 2.24. The normalized spacial score (nSPS) is 10.8. The zero-order chi connectivity index (χ0) is 21.5. The molecule has 0 aliphatic heterocycles. The Hall–Kier alpha value is -3.38. The van der Waals surface area contributed by atoms with E-state index in [1.807, 2.05) is 48.5 Å². The molecule has 3 aromatic rings. The summed E-state index contributed by atoms with van der Waals surface area (Å²) < 4.78 is 11.1. The molecule has 0 unspecified atom stereocenters. The van der Waals surface area contributed by atoms with Gasteiger partial charge >= 0.3 is 0 Å². The number of methoxy groups -OCH3 is 1. The third kappa shape index (κ3) is 5.36. The second-order valence-electron chi connectivity index (χ2n) is 7.08. The summed E-state index contributed by atoms with van der Waals surface area (Å²) in [5.41, 5.74) is 3.27. The second kappa shape index (κ2) is 9.89. The molecule has 3 rings (SSSR count). The van der Waals surface area contributed by atoms with E-state index in [2.05, 4.69) is 10.2 Å². The molecule has 156 valence electrons. The zero-order valence-corrected chi connectivity index (χ0v) is 17.5. The summed E-state index contributed by atoms with van der Waals surface area (Å²) in [4.78, 5) is 25.8. The van der Waals surface area contributed by atoms with Crippen molar-refractivity contribution < 1.29 is 18.7 Å². The maximum absolute atomic E-state index is 11.8. The summed E-state index contributed by atoms with van der Waals surface area (Å²) in [6, 6.07) is 16.8. The Labute approximate surface area is 176 Å². The number of hydrogen-bond donors (Lipinski definition) is 1. The summed E-state index contributed by atoms with van der Waals surface area (Å²) in [7, 11) is 3.24. The smallest absolute Gasteiger partial charge is 0.251 e. The van der Waals surface area contributed by atoms with Crippen molar-refractivity contribution in [1.29, 1.82) is 0 Å². The van der Waals surface area contributed by atoms with E-state index in [-0.39, 0.29) is 11.7 Å².